The van der Waals surface area contributed by atoms with Gasteiger partial charge >= 0.3 is 11.9 Å². The van der Waals surface area contributed by atoms with Gasteiger partial charge in [0.2, 0.25) is 0 Å². The summed E-state index contributed by atoms with van der Waals surface area (Å²) in [7, 11) is 0. The lowest BCUT2D eigenvalue weighted by atomic mass is 10.2. The molecule has 7 nitrogen and oxygen atoms in total. The molecule has 0 spiro atoms. The zero-order valence-corrected chi connectivity index (χ0v) is 12.1. The summed E-state index contributed by atoms with van der Waals surface area (Å²) >= 11 is 0. The Labute approximate surface area is 122 Å². The molecule has 0 aliphatic carbocycles. The number of benzene rings is 1. The maximum atomic E-state index is 11.5. The zero-order valence-electron chi connectivity index (χ0n) is 12.1. The van der Waals surface area contributed by atoms with Crippen LogP contribution in [0, 0.1) is 10.1 Å². The monoisotopic (exact) mass is 295 g/mol. The average Bonchev–Trinajstić information content (AvgIpc) is 2.34. The second-order valence-electron chi connectivity index (χ2n) is 5.35. The summed E-state index contributed by atoms with van der Waals surface area (Å²) in [5.41, 5.74) is -0.104. The van der Waals surface area contributed by atoms with Crippen LogP contribution in [-0.4, -0.2) is 22.5 Å². The van der Waals surface area contributed by atoms with Gasteiger partial charge in [0.1, 0.15) is 18.6 Å². The Morgan fingerprint density at radius 3 is 2.19 bits per heavy atom. The van der Waals surface area contributed by atoms with Crippen molar-refractivity contribution in [2.24, 2.45) is 0 Å². The normalized spacial score (nSPS) is 10.8. The summed E-state index contributed by atoms with van der Waals surface area (Å²) in [5.74, 6) is -1.36. The number of rotatable bonds is 5. The van der Waals surface area contributed by atoms with Gasteiger partial charge in [-0.2, -0.15) is 0 Å². The van der Waals surface area contributed by atoms with Gasteiger partial charge in [-0.1, -0.05) is 0 Å². The molecule has 1 aromatic carbocycles. The molecular formula is C14H17NO6. The number of hydrogen-bond donors (Lipinski definition) is 0. The Bertz CT molecular complexity index is 529. The molecule has 1 aromatic rings. The molecule has 1 rings (SSSR count). The van der Waals surface area contributed by atoms with Gasteiger partial charge in [-0.15, -0.1) is 0 Å². The van der Waals surface area contributed by atoms with E-state index < -0.39 is 28.9 Å². The van der Waals surface area contributed by atoms with Crippen LogP contribution in [0.5, 0.6) is 0 Å². The van der Waals surface area contributed by atoms with E-state index in [1.165, 1.54) is 24.3 Å². The first-order valence-electron chi connectivity index (χ1n) is 6.28. The number of nitro groups is 1. The highest BCUT2D eigenvalue weighted by Gasteiger charge is 2.19. The van der Waals surface area contributed by atoms with Crippen LogP contribution in [0.3, 0.4) is 0 Å². The van der Waals surface area contributed by atoms with Crippen molar-refractivity contribution in [1.29, 1.82) is 0 Å². The standard InChI is InChI=1S/C14H17NO6/c1-14(2,3)21-13(17)8-12(16)20-9-10-4-6-11(7-5-10)15(18)19/h4-7H,8-9H2,1-3H3. The van der Waals surface area contributed by atoms with Crippen LogP contribution in [0.1, 0.15) is 32.8 Å². The van der Waals surface area contributed by atoms with Crippen LogP contribution >= 0.6 is 0 Å². The molecule has 0 unspecified atom stereocenters. The van der Waals surface area contributed by atoms with Crippen molar-refractivity contribution in [1.82, 2.24) is 0 Å². The molecule has 0 aliphatic rings. The Morgan fingerprint density at radius 2 is 1.71 bits per heavy atom. The highest BCUT2D eigenvalue weighted by Crippen LogP contribution is 2.13. The van der Waals surface area contributed by atoms with Crippen molar-refractivity contribution >= 4 is 17.6 Å². The summed E-state index contributed by atoms with van der Waals surface area (Å²) in [4.78, 5) is 32.8. The maximum absolute atomic E-state index is 11.5. The van der Waals surface area contributed by atoms with E-state index in [2.05, 4.69) is 0 Å². The second kappa shape index (κ2) is 6.83. The van der Waals surface area contributed by atoms with Gasteiger partial charge in [-0.25, -0.2) is 0 Å². The zero-order chi connectivity index (χ0) is 16.0. The van der Waals surface area contributed by atoms with Crippen LogP contribution in [-0.2, 0) is 25.7 Å². The SMILES string of the molecule is CC(C)(C)OC(=O)CC(=O)OCc1ccc([N+](=O)[O-])cc1. The first-order chi connectivity index (χ1) is 9.67. The highest BCUT2D eigenvalue weighted by atomic mass is 16.6. The van der Waals surface area contributed by atoms with E-state index >= 15 is 0 Å². The van der Waals surface area contributed by atoms with Crippen LogP contribution in [0.15, 0.2) is 24.3 Å². The maximum Gasteiger partial charge on any atom is 0.317 e. The minimum Gasteiger partial charge on any atom is -0.460 e. The van der Waals surface area contributed by atoms with Crippen LogP contribution in [0.4, 0.5) is 5.69 Å². The Kier molecular flexibility index (Phi) is 5.40. The number of carbonyl (C=O) groups excluding carboxylic acids is 2. The Balaban J connectivity index is 2.42. The summed E-state index contributed by atoms with van der Waals surface area (Å²) < 4.78 is 9.89. The minimum atomic E-state index is -0.706. The first kappa shape index (κ1) is 16.6. The fourth-order valence-corrected chi connectivity index (χ4v) is 1.42. The number of nitro benzene ring substituents is 1. The molecule has 0 atom stereocenters. The number of hydrogen-bond acceptors (Lipinski definition) is 6. The molecule has 0 aliphatic heterocycles. The molecule has 0 bridgehead atoms. The van der Waals surface area contributed by atoms with E-state index in [0.717, 1.165) is 0 Å². The molecule has 0 saturated heterocycles. The van der Waals surface area contributed by atoms with Crippen LogP contribution in [0.2, 0.25) is 0 Å². The topological polar surface area (TPSA) is 95.7 Å². The van der Waals surface area contributed by atoms with Crippen LogP contribution < -0.4 is 0 Å². The number of carbonyl (C=O) groups is 2. The van der Waals surface area contributed by atoms with Gasteiger partial charge < -0.3 is 9.47 Å². The third-order valence-electron chi connectivity index (χ3n) is 2.26. The lowest BCUT2D eigenvalue weighted by Crippen LogP contribution is -2.25. The number of nitrogens with zero attached hydrogens (tertiary/aromatic N) is 1. The molecule has 7 heteroatoms. The molecule has 0 heterocycles. The fourth-order valence-electron chi connectivity index (χ4n) is 1.42. The largest absolute Gasteiger partial charge is 0.460 e. The number of ether oxygens (including phenoxy) is 2. The average molecular weight is 295 g/mol. The van der Waals surface area contributed by atoms with Gasteiger partial charge in [0.25, 0.3) is 5.69 Å². The van der Waals surface area contributed by atoms with E-state index in [4.69, 9.17) is 9.47 Å². The highest BCUT2D eigenvalue weighted by molar-refractivity contribution is 5.91. The third-order valence-corrected chi connectivity index (χ3v) is 2.26. The quantitative estimate of drug-likeness (QED) is 0.358. The molecule has 0 amide bonds. The molecule has 0 radical (unpaired) electrons. The van der Waals surface area contributed by atoms with Crippen molar-refractivity contribution < 1.29 is 24.0 Å². The summed E-state index contributed by atoms with van der Waals surface area (Å²) in [6.45, 7) is 5.05. The van der Waals surface area contributed by atoms with E-state index in [9.17, 15) is 19.7 Å². The predicted molar refractivity (Wildman–Crippen MR) is 73.4 cm³/mol. The smallest absolute Gasteiger partial charge is 0.317 e. The van der Waals surface area contributed by atoms with Gasteiger partial charge in [-0.3, -0.25) is 19.7 Å². The second-order valence-corrected chi connectivity index (χ2v) is 5.35. The molecule has 0 N–H and O–H groups in total. The number of esters is 2. The molecular weight excluding hydrogens is 278 g/mol. The van der Waals surface area contributed by atoms with E-state index in [1.807, 2.05) is 0 Å². The van der Waals surface area contributed by atoms with E-state index in [1.54, 1.807) is 20.8 Å². The molecule has 114 valence electrons. The van der Waals surface area contributed by atoms with Crippen molar-refractivity contribution in [2.75, 3.05) is 0 Å². The van der Waals surface area contributed by atoms with Gasteiger partial charge in [0, 0.05) is 12.1 Å². The summed E-state index contributed by atoms with van der Waals surface area (Å²) in [6.07, 6.45) is -0.468. The van der Waals surface area contributed by atoms with Crippen molar-refractivity contribution in [3.63, 3.8) is 0 Å². The van der Waals surface area contributed by atoms with Crippen molar-refractivity contribution in [3.8, 4) is 0 Å². The lowest BCUT2D eigenvalue weighted by molar-refractivity contribution is -0.384. The van der Waals surface area contributed by atoms with Gasteiger partial charge in [0.05, 0.1) is 4.92 Å². The number of non-ortho nitro benzene ring substituents is 1. The molecule has 0 fully saturated rings. The minimum absolute atomic E-state index is 0.0427. The first-order valence-corrected chi connectivity index (χ1v) is 6.28. The fraction of sp³-hybridized carbons (Fsp3) is 0.429. The van der Waals surface area contributed by atoms with E-state index in [-0.39, 0.29) is 12.3 Å². The summed E-state index contributed by atoms with van der Waals surface area (Å²) in [5, 5.41) is 10.5. The van der Waals surface area contributed by atoms with Gasteiger partial charge in [-0.05, 0) is 38.5 Å². The van der Waals surface area contributed by atoms with Crippen LogP contribution in [0.25, 0.3) is 0 Å². The predicted octanol–water partition coefficient (Wildman–Crippen LogP) is 2.37. The summed E-state index contributed by atoms with van der Waals surface area (Å²) in [6, 6.07) is 5.60. The van der Waals surface area contributed by atoms with E-state index in [0.29, 0.717) is 5.56 Å². The lowest BCUT2D eigenvalue weighted by Gasteiger charge is -2.19. The van der Waals surface area contributed by atoms with Gasteiger partial charge in [0.15, 0.2) is 0 Å². The molecule has 0 saturated carbocycles. The molecule has 0 aromatic heterocycles. The van der Waals surface area contributed by atoms with Crippen molar-refractivity contribution in [2.45, 2.75) is 39.4 Å². The molecule has 21 heavy (non-hydrogen) atoms. The Morgan fingerprint density at radius 1 is 1.14 bits per heavy atom. The van der Waals surface area contributed by atoms with Crippen molar-refractivity contribution in [3.05, 3.63) is 39.9 Å². The third kappa shape index (κ3) is 6.51. The Hall–Kier alpha value is -2.44.